The average molecular weight is 400 g/mol. The molecule has 2 heterocycles. The van der Waals surface area contributed by atoms with Crippen molar-refractivity contribution in [2.24, 2.45) is 0 Å². The van der Waals surface area contributed by atoms with E-state index in [1.165, 1.54) is 10.6 Å². The number of aromatic nitrogens is 3. The minimum Gasteiger partial charge on any atom is -0.334 e. The number of carbonyl (C=O) groups is 1. The fraction of sp³-hybridized carbons (Fsp3) is 0.130. The van der Waals surface area contributed by atoms with Crippen molar-refractivity contribution in [3.05, 3.63) is 88.3 Å². The van der Waals surface area contributed by atoms with Gasteiger partial charge in [0.1, 0.15) is 6.54 Å². The second kappa shape index (κ2) is 8.16. The Balaban J connectivity index is 1.54. The molecule has 2 aromatic heterocycles. The number of aryl methyl sites for hydroxylation is 2. The van der Waals surface area contributed by atoms with Gasteiger partial charge in [-0.15, -0.1) is 0 Å². The molecule has 7 nitrogen and oxygen atoms in total. The first-order valence-electron chi connectivity index (χ1n) is 9.46. The van der Waals surface area contributed by atoms with E-state index in [1.807, 2.05) is 56.3 Å². The Hall–Kier alpha value is -4.00. The van der Waals surface area contributed by atoms with Crippen LogP contribution in [0.25, 0.3) is 22.8 Å². The van der Waals surface area contributed by atoms with Gasteiger partial charge in [0.2, 0.25) is 11.7 Å². The minimum atomic E-state index is -0.300. The van der Waals surface area contributed by atoms with E-state index in [9.17, 15) is 9.59 Å². The molecular formula is C23H20N4O3. The topological polar surface area (TPSA) is 90.0 Å². The molecule has 0 fully saturated rings. The summed E-state index contributed by atoms with van der Waals surface area (Å²) in [5.41, 5.74) is 3.96. The molecule has 7 heteroatoms. The SMILES string of the molecule is Cc1ccc(-c2noc(-c3ccc(=O)n(CC(=O)Nc4cccc(C)c4)c3)n2)cc1. The molecule has 150 valence electrons. The van der Waals surface area contributed by atoms with E-state index < -0.39 is 0 Å². The number of amides is 1. The quantitative estimate of drug-likeness (QED) is 0.550. The predicted molar refractivity (Wildman–Crippen MR) is 114 cm³/mol. The smallest absolute Gasteiger partial charge is 0.259 e. The first-order chi connectivity index (χ1) is 14.5. The molecule has 0 aliphatic carbocycles. The van der Waals surface area contributed by atoms with E-state index in [1.54, 1.807) is 18.3 Å². The molecule has 4 rings (SSSR count). The first-order valence-corrected chi connectivity index (χ1v) is 9.46. The highest BCUT2D eigenvalue weighted by Crippen LogP contribution is 2.21. The number of hydrogen-bond acceptors (Lipinski definition) is 5. The summed E-state index contributed by atoms with van der Waals surface area (Å²) in [6.07, 6.45) is 1.55. The van der Waals surface area contributed by atoms with Crippen molar-refractivity contribution in [3.63, 3.8) is 0 Å². The largest absolute Gasteiger partial charge is 0.334 e. The van der Waals surface area contributed by atoms with E-state index in [0.717, 1.165) is 16.7 Å². The number of benzene rings is 2. The second-order valence-corrected chi connectivity index (χ2v) is 7.09. The summed E-state index contributed by atoms with van der Waals surface area (Å²) in [6.45, 7) is 3.82. The molecule has 0 saturated carbocycles. The number of anilines is 1. The van der Waals surface area contributed by atoms with Crippen LogP contribution in [0, 0.1) is 13.8 Å². The Morgan fingerprint density at radius 2 is 1.77 bits per heavy atom. The summed E-state index contributed by atoms with van der Waals surface area (Å²) in [6, 6.07) is 18.2. The lowest BCUT2D eigenvalue weighted by atomic mass is 10.1. The third-order valence-electron chi connectivity index (χ3n) is 4.58. The molecule has 0 aliphatic heterocycles. The van der Waals surface area contributed by atoms with E-state index in [2.05, 4.69) is 15.5 Å². The number of nitrogens with zero attached hydrogens (tertiary/aromatic N) is 3. The number of hydrogen-bond donors (Lipinski definition) is 1. The van der Waals surface area contributed by atoms with Crippen LogP contribution < -0.4 is 10.9 Å². The highest BCUT2D eigenvalue weighted by Gasteiger charge is 2.13. The lowest BCUT2D eigenvalue weighted by molar-refractivity contribution is -0.116. The van der Waals surface area contributed by atoms with E-state index >= 15 is 0 Å². The fourth-order valence-electron chi connectivity index (χ4n) is 3.02. The zero-order valence-electron chi connectivity index (χ0n) is 16.6. The van der Waals surface area contributed by atoms with Gasteiger partial charge in [0.05, 0.1) is 5.56 Å². The number of carbonyl (C=O) groups excluding carboxylic acids is 1. The first kappa shape index (κ1) is 19.3. The van der Waals surface area contributed by atoms with E-state index in [-0.39, 0.29) is 23.9 Å². The molecule has 4 aromatic rings. The van der Waals surface area contributed by atoms with Gasteiger partial charge in [0.25, 0.3) is 11.4 Å². The van der Waals surface area contributed by atoms with Gasteiger partial charge in [-0.25, -0.2) is 0 Å². The highest BCUT2D eigenvalue weighted by molar-refractivity contribution is 5.90. The monoisotopic (exact) mass is 400 g/mol. The van der Waals surface area contributed by atoms with Gasteiger partial charge >= 0.3 is 0 Å². The molecule has 0 bridgehead atoms. The van der Waals surface area contributed by atoms with Crippen LogP contribution in [0.15, 0.2) is 76.2 Å². The van der Waals surface area contributed by atoms with Crippen molar-refractivity contribution in [2.75, 3.05) is 5.32 Å². The van der Waals surface area contributed by atoms with Crippen LogP contribution in [0.3, 0.4) is 0 Å². The maximum atomic E-state index is 12.4. The van der Waals surface area contributed by atoms with Crippen LogP contribution in [0.2, 0.25) is 0 Å². The minimum absolute atomic E-state index is 0.125. The Morgan fingerprint density at radius 3 is 2.53 bits per heavy atom. The summed E-state index contributed by atoms with van der Waals surface area (Å²) in [7, 11) is 0. The predicted octanol–water partition coefficient (Wildman–Crippen LogP) is 3.82. The molecular weight excluding hydrogens is 380 g/mol. The number of rotatable bonds is 5. The Morgan fingerprint density at radius 1 is 1.00 bits per heavy atom. The molecule has 2 aromatic carbocycles. The standard InChI is InChI=1S/C23H20N4O3/c1-15-6-8-17(9-7-15)22-25-23(30-26-22)18-10-11-21(29)27(13-18)14-20(28)24-19-5-3-4-16(2)12-19/h3-13H,14H2,1-2H3,(H,24,28). The summed E-state index contributed by atoms with van der Waals surface area (Å²) in [4.78, 5) is 29.0. The Kier molecular flexibility index (Phi) is 5.26. The van der Waals surface area contributed by atoms with Crippen LogP contribution in [0.5, 0.6) is 0 Å². The van der Waals surface area contributed by atoms with Crippen LogP contribution in [0.4, 0.5) is 5.69 Å². The lowest BCUT2D eigenvalue weighted by Gasteiger charge is -2.08. The van der Waals surface area contributed by atoms with Gasteiger partial charge in [0, 0.05) is 23.5 Å². The zero-order chi connectivity index (χ0) is 21.1. The van der Waals surface area contributed by atoms with Gasteiger partial charge in [-0.1, -0.05) is 47.1 Å². The van der Waals surface area contributed by atoms with Crippen LogP contribution in [-0.2, 0) is 11.3 Å². The third-order valence-corrected chi connectivity index (χ3v) is 4.58. The lowest BCUT2D eigenvalue weighted by Crippen LogP contribution is -2.26. The molecule has 0 unspecified atom stereocenters. The molecule has 1 N–H and O–H groups in total. The van der Waals surface area contributed by atoms with Gasteiger partial charge < -0.3 is 14.4 Å². The van der Waals surface area contributed by atoms with Crippen molar-refractivity contribution < 1.29 is 9.32 Å². The molecule has 30 heavy (non-hydrogen) atoms. The Bertz CT molecular complexity index is 1260. The maximum absolute atomic E-state index is 12.4. The molecule has 0 radical (unpaired) electrons. The van der Waals surface area contributed by atoms with Crippen molar-refractivity contribution in [2.45, 2.75) is 20.4 Å². The summed E-state index contributed by atoms with van der Waals surface area (Å²) >= 11 is 0. The zero-order valence-corrected chi connectivity index (χ0v) is 16.6. The maximum Gasteiger partial charge on any atom is 0.259 e. The third kappa shape index (κ3) is 4.35. The average Bonchev–Trinajstić information content (AvgIpc) is 3.20. The summed E-state index contributed by atoms with van der Waals surface area (Å²) in [5.74, 6) is 0.434. The second-order valence-electron chi connectivity index (χ2n) is 7.09. The van der Waals surface area contributed by atoms with E-state index in [0.29, 0.717) is 17.1 Å². The van der Waals surface area contributed by atoms with Gasteiger partial charge in [-0.3, -0.25) is 9.59 Å². The summed E-state index contributed by atoms with van der Waals surface area (Å²) in [5, 5.41) is 6.81. The van der Waals surface area contributed by atoms with Crippen molar-refractivity contribution in [1.82, 2.24) is 14.7 Å². The number of pyridine rings is 1. The molecule has 0 saturated heterocycles. The molecule has 0 spiro atoms. The molecule has 0 aliphatic rings. The van der Waals surface area contributed by atoms with Crippen molar-refractivity contribution in [3.8, 4) is 22.8 Å². The van der Waals surface area contributed by atoms with Crippen molar-refractivity contribution >= 4 is 11.6 Å². The van der Waals surface area contributed by atoms with E-state index in [4.69, 9.17) is 4.52 Å². The summed E-state index contributed by atoms with van der Waals surface area (Å²) < 4.78 is 6.68. The fourth-order valence-corrected chi connectivity index (χ4v) is 3.02. The number of nitrogens with one attached hydrogen (secondary N) is 1. The van der Waals surface area contributed by atoms with Crippen LogP contribution in [0.1, 0.15) is 11.1 Å². The van der Waals surface area contributed by atoms with Gasteiger partial charge in [-0.2, -0.15) is 4.98 Å². The molecule has 1 amide bonds. The molecule has 0 atom stereocenters. The Labute approximate surface area is 173 Å². The van der Waals surface area contributed by atoms with Crippen LogP contribution in [-0.4, -0.2) is 20.6 Å². The van der Waals surface area contributed by atoms with Crippen LogP contribution >= 0.6 is 0 Å². The highest BCUT2D eigenvalue weighted by atomic mass is 16.5. The normalized spacial score (nSPS) is 10.7. The van der Waals surface area contributed by atoms with Gasteiger partial charge in [0.15, 0.2) is 0 Å². The van der Waals surface area contributed by atoms with Crippen molar-refractivity contribution in [1.29, 1.82) is 0 Å². The van der Waals surface area contributed by atoms with Gasteiger partial charge in [-0.05, 0) is 37.6 Å².